The Balaban J connectivity index is 0. The van der Waals surface area contributed by atoms with Crippen LogP contribution >= 0.6 is 0 Å². The number of allylic oxidation sites excluding steroid dienone is 1. The van der Waals surface area contributed by atoms with Gasteiger partial charge in [-0.25, -0.2) is 0 Å². The summed E-state index contributed by atoms with van der Waals surface area (Å²) in [6.07, 6.45) is 3.86. The summed E-state index contributed by atoms with van der Waals surface area (Å²) in [5, 5.41) is 0. The molecule has 0 fully saturated rings. The summed E-state index contributed by atoms with van der Waals surface area (Å²) in [7, 11) is 0. The topological polar surface area (TPSA) is 46.3 Å². The Kier molecular flexibility index (Phi) is 13.4. The van der Waals surface area contributed by atoms with Gasteiger partial charge in [0.05, 0.1) is 0 Å². The van der Waals surface area contributed by atoms with Gasteiger partial charge in [0.25, 0.3) is 0 Å². The first-order valence-electron chi connectivity index (χ1n) is 6.22. The Bertz CT molecular complexity index is 191. The van der Waals surface area contributed by atoms with E-state index >= 15 is 0 Å². The summed E-state index contributed by atoms with van der Waals surface area (Å²) in [4.78, 5) is 12.7. The van der Waals surface area contributed by atoms with Crippen LogP contribution in [0.3, 0.4) is 0 Å². The largest absolute Gasteiger partial charge is 0.366 e. The van der Waals surface area contributed by atoms with Gasteiger partial charge in [0.2, 0.25) is 5.91 Å². The number of hydrogen-bond donors (Lipinski definition) is 1. The summed E-state index contributed by atoms with van der Waals surface area (Å²) >= 11 is 0. The minimum absolute atomic E-state index is 0.316. The molecule has 0 rings (SSSR count). The van der Waals surface area contributed by atoms with E-state index in [0.29, 0.717) is 5.57 Å². The molecule has 2 N–H and O–H groups in total. The number of nitrogens with two attached hydrogens (primary N) is 1. The first kappa shape index (κ1) is 17.6. The van der Waals surface area contributed by atoms with Crippen molar-refractivity contribution in [1.29, 1.82) is 0 Å². The van der Waals surface area contributed by atoms with Gasteiger partial charge in [-0.3, -0.25) is 4.79 Å². The number of primary amides is 1. The highest BCUT2D eigenvalue weighted by molar-refractivity contribution is 5.91. The van der Waals surface area contributed by atoms with Gasteiger partial charge in [-0.05, 0) is 33.0 Å². The first-order valence-corrected chi connectivity index (χ1v) is 6.22. The van der Waals surface area contributed by atoms with E-state index in [2.05, 4.69) is 32.6 Å². The van der Waals surface area contributed by atoms with E-state index in [1.165, 1.54) is 19.6 Å². The van der Waals surface area contributed by atoms with E-state index in [1.54, 1.807) is 6.92 Å². The molecule has 0 saturated heterocycles. The lowest BCUT2D eigenvalue weighted by molar-refractivity contribution is -0.114. The molecule has 0 aromatic rings. The third-order valence-electron chi connectivity index (χ3n) is 2.47. The van der Waals surface area contributed by atoms with Crippen LogP contribution in [0.2, 0.25) is 0 Å². The quantitative estimate of drug-likeness (QED) is 0.710. The molecule has 0 aliphatic rings. The highest BCUT2D eigenvalue weighted by Gasteiger charge is 1.93. The number of nitrogens with zero attached hydrogens (tertiary/aromatic N) is 1. The van der Waals surface area contributed by atoms with Gasteiger partial charge in [0.15, 0.2) is 0 Å². The molecule has 0 atom stereocenters. The van der Waals surface area contributed by atoms with Gasteiger partial charge in [-0.15, -0.1) is 0 Å². The number of hydrogen-bond acceptors (Lipinski definition) is 2. The maximum absolute atomic E-state index is 10.4. The smallest absolute Gasteiger partial charge is 0.244 e. The Morgan fingerprint density at radius 3 is 1.75 bits per heavy atom. The van der Waals surface area contributed by atoms with Gasteiger partial charge in [-0.1, -0.05) is 40.2 Å². The molecule has 3 nitrogen and oxygen atoms in total. The second kappa shape index (κ2) is 12.2. The molecule has 0 unspecified atom stereocenters. The number of amides is 1. The van der Waals surface area contributed by atoms with Gasteiger partial charge in [0, 0.05) is 5.57 Å². The van der Waals surface area contributed by atoms with Gasteiger partial charge in [-0.2, -0.15) is 0 Å². The van der Waals surface area contributed by atoms with Crippen LogP contribution < -0.4 is 5.73 Å². The normalized spacial score (nSPS) is 11.0. The van der Waals surface area contributed by atoms with Crippen LogP contribution in [0.5, 0.6) is 0 Å². The Labute approximate surface area is 101 Å². The highest BCUT2D eigenvalue weighted by atomic mass is 16.1. The van der Waals surface area contributed by atoms with Gasteiger partial charge in [0.1, 0.15) is 0 Å². The zero-order chi connectivity index (χ0) is 13.0. The van der Waals surface area contributed by atoms with Gasteiger partial charge < -0.3 is 10.6 Å². The molecule has 0 aromatic heterocycles. The molecule has 3 heteroatoms. The lowest BCUT2D eigenvalue weighted by atomic mass is 10.2. The van der Waals surface area contributed by atoms with Crippen molar-refractivity contribution in [2.24, 2.45) is 5.73 Å². The Hall–Kier alpha value is -0.830. The number of rotatable bonds is 6. The van der Waals surface area contributed by atoms with Crippen molar-refractivity contribution in [2.75, 3.05) is 19.6 Å². The molecule has 0 aromatic carbocycles. The molecule has 0 bridgehead atoms. The van der Waals surface area contributed by atoms with Crippen molar-refractivity contribution in [2.45, 2.75) is 47.5 Å². The van der Waals surface area contributed by atoms with E-state index in [1.807, 2.05) is 6.08 Å². The Morgan fingerprint density at radius 2 is 1.56 bits per heavy atom. The summed E-state index contributed by atoms with van der Waals surface area (Å²) in [5.74, 6) is -0.316. The molecular formula is C13H28N2O. The van der Waals surface area contributed by atoms with Crippen molar-refractivity contribution in [3.8, 4) is 0 Å². The third kappa shape index (κ3) is 11.2. The number of carbonyl (C=O) groups excluding carboxylic acids is 1. The first-order chi connectivity index (χ1) is 7.53. The number of carbonyl (C=O) groups is 1. The van der Waals surface area contributed by atoms with Crippen molar-refractivity contribution in [3.05, 3.63) is 11.6 Å². The average Bonchev–Trinajstić information content (AvgIpc) is 2.29. The van der Waals surface area contributed by atoms with Crippen molar-refractivity contribution >= 4 is 5.91 Å². The fourth-order valence-electron chi connectivity index (χ4n) is 1.13. The van der Waals surface area contributed by atoms with Gasteiger partial charge >= 0.3 is 0 Å². The molecule has 16 heavy (non-hydrogen) atoms. The molecule has 0 heterocycles. The molecule has 96 valence electrons. The van der Waals surface area contributed by atoms with Crippen molar-refractivity contribution < 1.29 is 4.79 Å². The van der Waals surface area contributed by atoms with Crippen LogP contribution in [0.25, 0.3) is 0 Å². The molecule has 1 amide bonds. The fourth-order valence-corrected chi connectivity index (χ4v) is 1.13. The van der Waals surface area contributed by atoms with E-state index in [4.69, 9.17) is 5.73 Å². The third-order valence-corrected chi connectivity index (χ3v) is 2.47. The fraction of sp³-hybridized carbons (Fsp3) is 0.769. The van der Waals surface area contributed by atoms with E-state index in [-0.39, 0.29) is 5.91 Å². The molecule has 0 aliphatic carbocycles. The van der Waals surface area contributed by atoms with Crippen LogP contribution in [0.1, 0.15) is 47.5 Å². The van der Waals surface area contributed by atoms with Crippen LogP contribution in [0.15, 0.2) is 11.6 Å². The van der Waals surface area contributed by atoms with E-state index < -0.39 is 0 Å². The van der Waals surface area contributed by atoms with Crippen molar-refractivity contribution in [3.63, 3.8) is 0 Å². The second-order valence-corrected chi connectivity index (χ2v) is 3.66. The van der Waals surface area contributed by atoms with Crippen LogP contribution in [-0.2, 0) is 4.79 Å². The number of unbranched alkanes of at least 4 members (excludes halogenated alkanes) is 1. The minimum atomic E-state index is -0.316. The lowest BCUT2D eigenvalue weighted by Gasteiger charge is -2.13. The van der Waals surface area contributed by atoms with Crippen LogP contribution in [-0.4, -0.2) is 30.4 Å². The van der Waals surface area contributed by atoms with Crippen molar-refractivity contribution in [1.82, 2.24) is 4.90 Å². The SMILES string of the molecule is CCCC=C(C)C(N)=O.CCN(CC)CC. The highest BCUT2D eigenvalue weighted by Crippen LogP contribution is 1.95. The summed E-state index contributed by atoms with van der Waals surface area (Å²) < 4.78 is 0. The van der Waals surface area contributed by atoms with Crippen LogP contribution in [0, 0.1) is 0 Å². The molecule has 0 aliphatic heterocycles. The van der Waals surface area contributed by atoms with E-state index in [0.717, 1.165) is 12.8 Å². The molecular weight excluding hydrogens is 200 g/mol. The second-order valence-electron chi connectivity index (χ2n) is 3.66. The Morgan fingerprint density at radius 1 is 1.12 bits per heavy atom. The molecule has 0 radical (unpaired) electrons. The summed E-state index contributed by atoms with van der Waals surface area (Å²) in [5.41, 5.74) is 5.63. The summed E-state index contributed by atoms with van der Waals surface area (Å²) in [6, 6.07) is 0. The molecule has 0 spiro atoms. The predicted octanol–water partition coefficient (Wildman–Crippen LogP) is 2.57. The van der Waals surface area contributed by atoms with E-state index in [9.17, 15) is 4.79 Å². The zero-order valence-corrected chi connectivity index (χ0v) is 11.5. The lowest BCUT2D eigenvalue weighted by Crippen LogP contribution is -2.21. The maximum Gasteiger partial charge on any atom is 0.244 e. The predicted molar refractivity (Wildman–Crippen MR) is 71.3 cm³/mol. The zero-order valence-electron chi connectivity index (χ0n) is 11.5. The molecule has 0 saturated carbocycles. The average molecular weight is 228 g/mol. The maximum atomic E-state index is 10.4. The monoisotopic (exact) mass is 228 g/mol. The van der Waals surface area contributed by atoms with Crippen LogP contribution in [0.4, 0.5) is 0 Å². The minimum Gasteiger partial charge on any atom is -0.366 e. The summed E-state index contributed by atoms with van der Waals surface area (Å²) in [6.45, 7) is 13.9. The standard InChI is InChI=1S/C7H13NO.C6H15N/c1-3-4-5-6(2)7(8)9;1-4-7(5-2)6-3/h5H,3-4H2,1-2H3,(H2,8,9);4-6H2,1-3H3.